The van der Waals surface area contributed by atoms with E-state index >= 15 is 0 Å². The summed E-state index contributed by atoms with van der Waals surface area (Å²) in [5.41, 5.74) is -0.453. The number of nitrogens with zero attached hydrogens (tertiary/aromatic N) is 2. The highest BCUT2D eigenvalue weighted by atomic mass is 16.6. The normalized spacial score (nSPS) is 10.5. The largest absolute Gasteiger partial charge is 0.477 e. The second-order valence-electron chi connectivity index (χ2n) is 4.35. The van der Waals surface area contributed by atoms with E-state index in [1.807, 2.05) is 19.0 Å². The number of carboxylic acid groups (broad SMARTS) is 1. The number of nitrogens with one attached hydrogen (secondary N) is 1. The Hall–Kier alpha value is -2.15. The summed E-state index contributed by atoms with van der Waals surface area (Å²) in [6, 6.07) is 4.23. The summed E-state index contributed by atoms with van der Waals surface area (Å²) in [6.07, 6.45) is 0.807. The van der Waals surface area contributed by atoms with Crippen molar-refractivity contribution in [3.05, 3.63) is 33.9 Å². The molecule has 7 heteroatoms. The molecule has 0 unspecified atom stereocenters. The number of anilines is 1. The van der Waals surface area contributed by atoms with E-state index in [0.29, 0.717) is 6.54 Å². The van der Waals surface area contributed by atoms with Crippen LogP contribution >= 0.6 is 0 Å². The highest BCUT2D eigenvalue weighted by Crippen LogP contribution is 2.28. The third-order valence-corrected chi connectivity index (χ3v) is 2.55. The van der Waals surface area contributed by atoms with Crippen LogP contribution in [0.1, 0.15) is 16.8 Å². The minimum Gasteiger partial charge on any atom is -0.477 e. The Morgan fingerprint density at radius 1 is 1.47 bits per heavy atom. The van der Waals surface area contributed by atoms with Gasteiger partial charge < -0.3 is 15.3 Å². The number of rotatable bonds is 7. The highest BCUT2D eigenvalue weighted by Gasteiger charge is 2.23. The van der Waals surface area contributed by atoms with Crippen molar-refractivity contribution in [2.75, 3.05) is 32.5 Å². The average Bonchev–Trinajstić information content (AvgIpc) is 2.33. The van der Waals surface area contributed by atoms with Crippen LogP contribution in [0.15, 0.2) is 18.2 Å². The molecule has 0 aromatic heterocycles. The lowest BCUT2D eigenvalue weighted by atomic mass is 10.1. The van der Waals surface area contributed by atoms with E-state index in [0.717, 1.165) is 13.0 Å². The van der Waals surface area contributed by atoms with Gasteiger partial charge in [0.25, 0.3) is 0 Å². The molecule has 0 saturated heterocycles. The highest BCUT2D eigenvalue weighted by molar-refractivity contribution is 5.95. The minimum absolute atomic E-state index is 0.239. The maximum atomic E-state index is 11.0. The van der Waals surface area contributed by atoms with Gasteiger partial charge in [0.1, 0.15) is 11.3 Å². The molecule has 0 aliphatic carbocycles. The summed E-state index contributed by atoms with van der Waals surface area (Å²) in [6.45, 7) is 1.39. The first-order valence-electron chi connectivity index (χ1n) is 5.82. The summed E-state index contributed by atoms with van der Waals surface area (Å²) >= 11 is 0. The Balaban J connectivity index is 2.85. The van der Waals surface area contributed by atoms with Crippen molar-refractivity contribution in [3.8, 4) is 0 Å². The second kappa shape index (κ2) is 6.69. The summed E-state index contributed by atoms with van der Waals surface area (Å²) in [4.78, 5) is 23.3. The van der Waals surface area contributed by atoms with Gasteiger partial charge in [-0.05, 0) is 39.2 Å². The van der Waals surface area contributed by atoms with Gasteiger partial charge in [0, 0.05) is 6.54 Å². The minimum atomic E-state index is -1.30. The molecule has 0 amide bonds. The zero-order valence-electron chi connectivity index (χ0n) is 10.9. The van der Waals surface area contributed by atoms with E-state index in [-0.39, 0.29) is 16.9 Å². The lowest BCUT2D eigenvalue weighted by molar-refractivity contribution is -0.384. The number of para-hydroxylation sites is 1. The monoisotopic (exact) mass is 267 g/mol. The molecule has 2 N–H and O–H groups in total. The molecule has 0 atom stereocenters. The first-order valence-corrected chi connectivity index (χ1v) is 5.82. The number of hydrogen-bond acceptors (Lipinski definition) is 5. The first-order chi connectivity index (χ1) is 8.93. The van der Waals surface area contributed by atoms with Gasteiger partial charge in [-0.1, -0.05) is 6.07 Å². The second-order valence-corrected chi connectivity index (χ2v) is 4.35. The van der Waals surface area contributed by atoms with Crippen molar-refractivity contribution in [3.63, 3.8) is 0 Å². The zero-order valence-corrected chi connectivity index (χ0v) is 10.9. The summed E-state index contributed by atoms with van der Waals surface area (Å²) in [7, 11) is 3.88. The number of carbonyl (C=O) groups is 1. The number of nitro benzene ring substituents is 1. The third-order valence-electron chi connectivity index (χ3n) is 2.55. The Kier molecular flexibility index (Phi) is 5.25. The van der Waals surface area contributed by atoms with Crippen LogP contribution in [0.4, 0.5) is 11.4 Å². The van der Waals surface area contributed by atoms with Gasteiger partial charge >= 0.3 is 11.7 Å². The quantitative estimate of drug-likeness (QED) is 0.443. The van der Waals surface area contributed by atoms with Crippen LogP contribution in [0.2, 0.25) is 0 Å². The molecule has 0 aliphatic rings. The Morgan fingerprint density at radius 3 is 2.68 bits per heavy atom. The maximum absolute atomic E-state index is 11.0. The van der Waals surface area contributed by atoms with Crippen molar-refractivity contribution in [2.45, 2.75) is 6.42 Å². The lowest BCUT2D eigenvalue weighted by Crippen LogP contribution is -2.17. The first kappa shape index (κ1) is 14.9. The van der Waals surface area contributed by atoms with Crippen molar-refractivity contribution in [1.82, 2.24) is 4.90 Å². The molecule has 1 rings (SSSR count). The number of aromatic carboxylic acids is 1. The van der Waals surface area contributed by atoms with E-state index in [2.05, 4.69) is 5.32 Å². The van der Waals surface area contributed by atoms with Gasteiger partial charge in [-0.2, -0.15) is 0 Å². The topological polar surface area (TPSA) is 95.7 Å². The summed E-state index contributed by atoms with van der Waals surface area (Å²) in [5, 5.41) is 22.8. The molecule has 0 aliphatic heterocycles. The molecule has 7 nitrogen and oxygen atoms in total. The zero-order chi connectivity index (χ0) is 14.4. The smallest absolute Gasteiger partial charge is 0.342 e. The average molecular weight is 267 g/mol. The molecule has 104 valence electrons. The molecule has 19 heavy (non-hydrogen) atoms. The molecular formula is C12H17N3O4. The predicted octanol–water partition coefficient (Wildman–Crippen LogP) is 1.66. The number of hydrogen-bond donors (Lipinski definition) is 2. The van der Waals surface area contributed by atoms with E-state index in [9.17, 15) is 14.9 Å². The van der Waals surface area contributed by atoms with Crippen LogP contribution in [0, 0.1) is 10.1 Å². The van der Waals surface area contributed by atoms with Crippen LogP contribution in [0.25, 0.3) is 0 Å². The molecule has 0 saturated carbocycles. The van der Waals surface area contributed by atoms with Crippen molar-refractivity contribution < 1.29 is 14.8 Å². The fourth-order valence-corrected chi connectivity index (χ4v) is 1.67. The van der Waals surface area contributed by atoms with Gasteiger partial charge in [-0.15, -0.1) is 0 Å². The molecule has 0 bridgehead atoms. The maximum Gasteiger partial charge on any atom is 0.342 e. The van der Waals surface area contributed by atoms with Crippen LogP contribution in [-0.4, -0.2) is 48.1 Å². The van der Waals surface area contributed by atoms with Crippen LogP contribution < -0.4 is 5.32 Å². The molecule has 0 fully saturated rings. The van der Waals surface area contributed by atoms with Crippen LogP contribution in [0.3, 0.4) is 0 Å². The Morgan fingerprint density at radius 2 is 2.16 bits per heavy atom. The lowest BCUT2D eigenvalue weighted by Gasteiger charge is -2.11. The molecular weight excluding hydrogens is 250 g/mol. The predicted molar refractivity (Wildman–Crippen MR) is 71.7 cm³/mol. The third kappa shape index (κ3) is 4.22. The van der Waals surface area contributed by atoms with Gasteiger partial charge in [0.05, 0.1) is 4.92 Å². The number of carboxylic acids is 1. The molecule has 1 aromatic rings. The summed E-state index contributed by atoms with van der Waals surface area (Å²) in [5.74, 6) is -1.30. The molecule has 1 aromatic carbocycles. The van der Waals surface area contributed by atoms with Gasteiger partial charge in [0.15, 0.2) is 0 Å². The van der Waals surface area contributed by atoms with Crippen molar-refractivity contribution in [2.24, 2.45) is 0 Å². The van der Waals surface area contributed by atoms with Gasteiger partial charge in [-0.25, -0.2) is 4.79 Å². The molecule has 0 spiro atoms. The van der Waals surface area contributed by atoms with Crippen molar-refractivity contribution >= 4 is 17.3 Å². The fraction of sp³-hybridized carbons (Fsp3) is 0.417. The van der Waals surface area contributed by atoms with Crippen LogP contribution in [0.5, 0.6) is 0 Å². The molecule has 0 radical (unpaired) electrons. The van der Waals surface area contributed by atoms with Gasteiger partial charge in [0.2, 0.25) is 0 Å². The number of nitro groups is 1. The van der Waals surface area contributed by atoms with E-state index in [1.165, 1.54) is 18.2 Å². The standard InChI is InChI=1S/C12H17N3O4/c1-14(2)8-4-7-13-10-6-3-5-9(12(16)17)11(10)15(18)19/h3,5-6,13H,4,7-8H2,1-2H3,(H,16,17). The van der Waals surface area contributed by atoms with E-state index in [4.69, 9.17) is 5.11 Å². The SMILES string of the molecule is CN(C)CCCNc1cccc(C(=O)O)c1[N+](=O)[O-]. The Labute approximate surface area is 111 Å². The van der Waals surface area contributed by atoms with Gasteiger partial charge in [-0.3, -0.25) is 10.1 Å². The van der Waals surface area contributed by atoms with Crippen LogP contribution in [-0.2, 0) is 0 Å². The summed E-state index contributed by atoms with van der Waals surface area (Å²) < 4.78 is 0. The number of benzene rings is 1. The van der Waals surface area contributed by atoms with E-state index < -0.39 is 10.9 Å². The van der Waals surface area contributed by atoms with E-state index in [1.54, 1.807) is 0 Å². The fourth-order valence-electron chi connectivity index (χ4n) is 1.67. The van der Waals surface area contributed by atoms with Crippen molar-refractivity contribution in [1.29, 1.82) is 0 Å². The Bertz CT molecular complexity index is 474. The molecule has 0 heterocycles.